The lowest BCUT2D eigenvalue weighted by molar-refractivity contribution is 0.120. The van der Waals surface area contributed by atoms with E-state index in [1.807, 2.05) is 6.07 Å². The number of nitrogens with one attached hydrogen (secondary N) is 1. The molecule has 1 atom stereocenters. The number of ether oxygens (including phenoxy) is 2. The predicted molar refractivity (Wildman–Crippen MR) is 103 cm³/mol. The van der Waals surface area contributed by atoms with Crippen molar-refractivity contribution in [2.24, 2.45) is 7.05 Å². The highest BCUT2D eigenvalue weighted by molar-refractivity contribution is 6.30. The van der Waals surface area contributed by atoms with Gasteiger partial charge in [-0.25, -0.2) is 18.9 Å². The quantitative estimate of drug-likeness (QED) is 0.608. The number of pyridine rings is 2. The van der Waals surface area contributed by atoms with E-state index in [9.17, 15) is 9.18 Å². The minimum atomic E-state index is -0.832. The van der Waals surface area contributed by atoms with E-state index in [1.54, 1.807) is 33.3 Å². The zero-order valence-corrected chi connectivity index (χ0v) is 16.6. The van der Waals surface area contributed by atoms with E-state index < -0.39 is 18.0 Å². The van der Waals surface area contributed by atoms with E-state index in [-0.39, 0.29) is 16.5 Å². The molecular weight excluding hydrogens is 403 g/mol. The molecule has 0 saturated carbocycles. The Balaban J connectivity index is 1.75. The fourth-order valence-electron chi connectivity index (χ4n) is 2.56. The number of aryl methyl sites for hydroxylation is 1. The van der Waals surface area contributed by atoms with Gasteiger partial charge in [0.2, 0.25) is 0 Å². The normalized spacial score (nSPS) is 11.9. The van der Waals surface area contributed by atoms with Crippen molar-refractivity contribution < 1.29 is 18.7 Å². The molecule has 3 aromatic heterocycles. The number of hydrogen-bond acceptors (Lipinski definition) is 7. The first kappa shape index (κ1) is 20.6. The molecule has 152 valence electrons. The molecule has 29 heavy (non-hydrogen) atoms. The number of rotatable bonds is 6. The lowest BCUT2D eigenvalue weighted by Crippen LogP contribution is -2.18. The van der Waals surface area contributed by atoms with Gasteiger partial charge in [0.1, 0.15) is 17.1 Å². The third-order valence-electron chi connectivity index (χ3n) is 3.98. The number of carbonyl (C=O) groups is 1. The van der Waals surface area contributed by atoms with Crippen molar-refractivity contribution >= 4 is 23.5 Å². The molecule has 0 unspecified atom stereocenters. The van der Waals surface area contributed by atoms with Gasteiger partial charge in [-0.1, -0.05) is 22.9 Å². The van der Waals surface area contributed by atoms with Crippen molar-refractivity contribution in [1.29, 1.82) is 0 Å². The average molecular weight is 421 g/mol. The summed E-state index contributed by atoms with van der Waals surface area (Å²) < 4.78 is 25.1. The molecule has 0 radical (unpaired) electrons. The monoisotopic (exact) mass is 420 g/mol. The Morgan fingerprint density at radius 3 is 2.83 bits per heavy atom. The minimum absolute atomic E-state index is 0.0509. The maximum atomic E-state index is 13.4. The Bertz CT molecular complexity index is 1010. The molecular formula is C18H18ClFN6O3. The minimum Gasteiger partial charge on any atom is -0.441 e. The van der Waals surface area contributed by atoms with E-state index in [0.717, 1.165) is 17.8 Å². The molecule has 3 rings (SSSR count). The highest BCUT2D eigenvalue weighted by Gasteiger charge is 2.21. The molecule has 3 aromatic rings. The first-order chi connectivity index (χ1) is 13.9. The van der Waals surface area contributed by atoms with Crippen molar-refractivity contribution in [2.45, 2.75) is 19.6 Å². The number of anilines is 1. The van der Waals surface area contributed by atoms with Crippen LogP contribution in [0.15, 0.2) is 30.6 Å². The SMILES string of the molecule is COCc1ccc(-c2nnn(C)c2NC(=O)O[C@H](C)c2cc(F)cnc2Cl)nc1. The van der Waals surface area contributed by atoms with Crippen LogP contribution in [0, 0.1) is 5.82 Å². The van der Waals surface area contributed by atoms with Crippen LogP contribution in [0.2, 0.25) is 5.15 Å². The number of carbonyl (C=O) groups excluding carboxylic acids is 1. The summed E-state index contributed by atoms with van der Waals surface area (Å²) in [7, 11) is 3.21. The molecule has 9 nitrogen and oxygen atoms in total. The molecule has 11 heteroatoms. The van der Waals surface area contributed by atoms with Crippen molar-refractivity contribution in [3.63, 3.8) is 0 Å². The zero-order chi connectivity index (χ0) is 21.0. The number of amides is 1. The summed E-state index contributed by atoms with van der Waals surface area (Å²) in [5.41, 5.74) is 2.02. The van der Waals surface area contributed by atoms with Gasteiger partial charge in [-0.05, 0) is 24.6 Å². The Labute approximate surface area is 170 Å². The zero-order valence-electron chi connectivity index (χ0n) is 15.9. The maximum Gasteiger partial charge on any atom is 0.413 e. The van der Waals surface area contributed by atoms with Crippen LogP contribution in [-0.4, -0.2) is 38.2 Å². The summed E-state index contributed by atoms with van der Waals surface area (Å²) in [5, 5.41) is 10.6. The summed E-state index contributed by atoms with van der Waals surface area (Å²) >= 11 is 5.95. The lowest BCUT2D eigenvalue weighted by Gasteiger charge is -2.15. The second kappa shape index (κ2) is 8.93. The standard InChI is InChI=1S/C18H18ClFN6O3/c1-10(13-6-12(20)8-22-16(13)19)29-18(27)23-17-15(24-25-26(17)2)14-5-4-11(7-21-14)9-28-3/h4-8,10H,9H2,1-3H3,(H,23,27)/t10-/m1/s1. The molecule has 0 bridgehead atoms. The molecule has 0 aliphatic rings. The molecule has 0 saturated heterocycles. The predicted octanol–water partition coefficient (Wildman–Crippen LogP) is 3.52. The Morgan fingerprint density at radius 1 is 1.34 bits per heavy atom. The first-order valence-corrected chi connectivity index (χ1v) is 8.89. The maximum absolute atomic E-state index is 13.4. The van der Waals surface area contributed by atoms with Crippen LogP contribution >= 0.6 is 11.6 Å². The summed E-state index contributed by atoms with van der Waals surface area (Å²) in [6.07, 6.45) is 1.01. The fourth-order valence-corrected chi connectivity index (χ4v) is 2.82. The molecule has 1 amide bonds. The summed E-state index contributed by atoms with van der Waals surface area (Å²) in [5.74, 6) is -0.293. The van der Waals surface area contributed by atoms with E-state index in [4.69, 9.17) is 21.1 Å². The summed E-state index contributed by atoms with van der Waals surface area (Å²) in [6, 6.07) is 4.75. The van der Waals surface area contributed by atoms with Gasteiger partial charge in [0.25, 0.3) is 0 Å². The smallest absolute Gasteiger partial charge is 0.413 e. The van der Waals surface area contributed by atoms with Gasteiger partial charge in [0, 0.05) is 25.9 Å². The lowest BCUT2D eigenvalue weighted by atomic mass is 10.2. The fraction of sp³-hybridized carbons (Fsp3) is 0.278. The third kappa shape index (κ3) is 4.84. The van der Waals surface area contributed by atoms with Crippen molar-refractivity contribution in [1.82, 2.24) is 25.0 Å². The van der Waals surface area contributed by atoms with Crippen LogP contribution in [0.5, 0.6) is 0 Å². The van der Waals surface area contributed by atoms with Crippen LogP contribution in [-0.2, 0) is 23.1 Å². The molecule has 3 heterocycles. The van der Waals surface area contributed by atoms with E-state index in [0.29, 0.717) is 18.0 Å². The topological polar surface area (TPSA) is 104 Å². The van der Waals surface area contributed by atoms with Crippen molar-refractivity contribution in [3.8, 4) is 11.4 Å². The molecule has 0 aliphatic carbocycles. The van der Waals surface area contributed by atoms with Gasteiger partial charge in [-0.15, -0.1) is 5.10 Å². The van der Waals surface area contributed by atoms with Crippen molar-refractivity contribution in [3.05, 3.63) is 52.7 Å². The Morgan fingerprint density at radius 2 is 2.14 bits per heavy atom. The Kier molecular flexibility index (Phi) is 6.35. The summed E-state index contributed by atoms with van der Waals surface area (Å²) in [4.78, 5) is 20.4. The Hall–Kier alpha value is -3.11. The largest absolute Gasteiger partial charge is 0.441 e. The molecule has 0 fully saturated rings. The average Bonchev–Trinajstić information content (AvgIpc) is 3.05. The molecule has 1 N–H and O–H groups in total. The van der Waals surface area contributed by atoms with Gasteiger partial charge >= 0.3 is 6.09 Å². The van der Waals surface area contributed by atoms with Crippen molar-refractivity contribution in [2.75, 3.05) is 12.4 Å². The second-order valence-electron chi connectivity index (χ2n) is 6.10. The highest BCUT2D eigenvalue weighted by atomic mass is 35.5. The van der Waals surface area contributed by atoms with Crippen LogP contribution in [0.1, 0.15) is 24.2 Å². The second-order valence-corrected chi connectivity index (χ2v) is 6.46. The summed E-state index contributed by atoms with van der Waals surface area (Å²) in [6.45, 7) is 1.99. The third-order valence-corrected chi connectivity index (χ3v) is 4.30. The van der Waals surface area contributed by atoms with Crippen LogP contribution in [0.4, 0.5) is 15.0 Å². The number of hydrogen-bond donors (Lipinski definition) is 1. The van der Waals surface area contributed by atoms with Crippen LogP contribution < -0.4 is 5.32 Å². The first-order valence-electron chi connectivity index (χ1n) is 8.51. The molecule has 0 spiro atoms. The van der Waals surface area contributed by atoms with E-state index >= 15 is 0 Å². The van der Waals surface area contributed by atoms with Gasteiger partial charge in [-0.2, -0.15) is 0 Å². The number of methoxy groups -OCH3 is 1. The molecule has 0 aliphatic heterocycles. The van der Waals surface area contributed by atoms with Crippen LogP contribution in [0.25, 0.3) is 11.4 Å². The van der Waals surface area contributed by atoms with Crippen LogP contribution in [0.3, 0.4) is 0 Å². The highest BCUT2D eigenvalue weighted by Crippen LogP contribution is 2.27. The van der Waals surface area contributed by atoms with Gasteiger partial charge in [0.15, 0.2) is 11.5 Å². The molecule has 0 aromatic carbocycles. The number of aromatic nitrogens is 5. The number of halogens is 2. The van der Waals surface area contributed by atoms with Gasteiger partial charge in [0.05, 0.1) is 18.5 Å². The van der Waals surface area contributed by atoms with E-state index in [2.05, 4.69) is 25.6 Å². The van der Waals surface area contributed by atoms with E-state index in [1.165, 1.54) is 4.68 Å². The van der Waals surface area contributed by atoms with Gasteiger partial charge in [-0.3, -0.25) is 10.3 Å². The number of nitrogens with zero attached hydrogens (tertiary/aromatic N) is 5. The van der Waals surface area contributed by atoms with Gasteiger partial charge < -0.3 is 9.47 Å².